The van der Waals surface area contributed by atoms with E-state index in [1.54, 1.807) is 12.1 Å². The van der Waals surface area contributed by atoms with Crippen LogP contribution < -0.4 is 5.32 Å². The number of hydrogen-bond donors (Lipinski definition) is 1. The molecule has 1 amide bonds. The molecule has 2 aromatic carbocycles. The number of benzene rings is 2. The summed E-state index contributed by atoms with van der Waals surface area (Å²) in [7, 11) is 0. The van der Waals surface area contributed by atoms with Crippen molar-refractivity contribution in [1.29, 1.82) is 0 Å². The van der Waals surface area contributed by atoms with Gasteiger partial charge in [0.1, 0.15) is 5.82 Å². The van der Waals surface area contributed by atoms with Crippen molar-refractivity contribution in [1.82, 2.24) is 0 Å². The zero-order valence-corrected chi connectivity index (χ0v) is 13.9. The highest BCUT2D eigenvalue weighted by Gasteiger charge is 2.14. The van der Waals surface area contributed by atoms with Crippen molar-refractivity contribution in [3.8, 4) is 0 Å². The quantitative estimate of drug-likeness (QED) is 0.865. The number of amides is 1. The Morgan fingerprint density at radius 1 is 1.00 bits per heavy atom. The van der Waals surface area contributed by atoms with Gasteiger partial charge >= 0.3 is 5.97 Å². The Labute approximate surface area is 140 Å². The van der Waals surface area contributed by atoms with Gasteiger partial charge in [-0.25, -0.2) is 9.18 Å². The highest BCUT2D eigenvalue weighted by atomic mass is 19.1. The third kappa shape index (κ3) is 4.91. The average Bonchev–Trinajstić information content (AvgIpc) is 2.53. The highest BCUT2D eigenvalue weighted by molar-refractivity contribution is 5.95. The summed E-state index contributed by atoms with van der Waals surface area (Å²) in [4.78, 5) is 23.6. The Balaban J connectivity index is 1.87. The monoisotopic (exact) mass is 329 g/mol. The minimum Gasteiger partial charge on any atom is -0.452 e. The van der Waals surface area contributed by atoms with Crippen LogP contribution in [0.15, 0.2) is 48.5 Å². The van der Waals surface area contributed by atoms with Gasteiger partial charge in [-0.3, -0.25) is 4.79 Å². The zero-order chi connectivity index (χ0) is 17.7. The molecule has 0 saturated carbocycles. The number of nitrogens with one attached hydrogen (secondary N) is 1. The van der Waals surface area contributed by atoms with Crippen LogP contribution in [-0.2, 0) is 14.9 Å². The minimum absolute atomic E-state index is 0.0349. The van der Waals surface area contributed by atoms with Gasteiger partial charge in [0.2, 0.25) is 0 Å². The SMILES string of the molecule is CC(C)(C)c1ccc(NC(=O)COC(=O)c2ccc(F)cc2)cc1. The predicted octanol–water partition coefficient (Wildman–Crippen LogP) is 3.92. The summed E-state index contributed by atoms with van der Waals surface area (Å²) in [5.74, 6) is -1.55. The Morgan fingerprint density at radius 3 is 2.12 bits per heavy atom. The summed E-state index contributed by atoms with van der Waals surface area (Å²) >= 11 is 0. The lowest BCUT2D eigenvalue weighted by atomic mass is 9.87. The topological polar surface area (TPSA) is 55.4 Å². The summed E-state index contributed by atoms with van der Waals surface area (Å²) in [5.41, 5.74) is 2.01. The molecule has 0 fully saturated rings. The van der Waals surface area contributed by atoms with Crippen molar-refractivity contribution >= 4 is 17.6 Å². The number of ether oxygens (including phenoxy) is 1. The molecule has 0 aliphatic carbocycles. The second-order valence-electron chi connectivity index (χ2n) is 6.46. The van der Waals surface area contributed by atoms with E-state index in [0.29, 0.717) is 5.69 Å². The van der Waals surface area contributed by atoms with E-state index in [2.05, 4.69) is 26.1 Å². The van der Waals surface area contributed by atoms with E-state index in [1.165, 1.54) is 12.1 Å². The fourth-order valence-electron chi connectivity index (χ4n) is 2.05. The van der Waals surface area contributed by atoms with Gasteiger partial charge in [-0.15, -0.1) is 0 Å². The predicted molar refractivity (Wildman–Crippen MR) is 90.5 cm³/mol. The number of esters is 1. The van der Waals surface area contributed by atoms with E-state index in [9.17, 15) is 14.0 Å². The summed E-state index contributed by atoms with van der Waals surface area (Å²) < 4.78 is 17.7. The normalized spacial score (nSPS) is 11.0. The molecule has 0 aliphatic rings. The molecule has 5 heteroatoms. The first-order valence-electron chi connectivity index (χ1n) is 7.59. The van der Waals surface area contributed by atoms with E-state index in [1.807, 2.05) is 12.1 Å². The molecule has 0 aromatic heterocycles. The van der Waals surface area contributed by atoms with Crippen LogP contribution >= 0.6 is 0 Å². The number of anilines is 1. The molecule has 2 aromatic rings. The maximum absolute atomic E-state index is 12.8. The molecule has 24 heavy (non-hydrogen) atoms. The number of hydrogen-bond acceptors (Lipinski definition) is 3. The summed E-state index contributed by atoms with van der Waals surface area (Å²) in [6.45, 7) is 5.91. The number of halogens is 1. The highest BCUT2D eigenvalue weighted by Crippen LogP contribution is 2.23. The number of rotatable bonds is 4. The zero-order valence-electron chi connectivity index (χ0n) is 13.9. The van der Waals surface area contributed by atoms with Crippen molar-refractivity contribution in [3.63, 3.8) is 0 Å². The molecule has 1 N–H and O–H groups in total. The van der Waals surface area contributed by atoms with Crippen LogP contribution in [0.25, 0.3) is 0 Å². The van der Waals surface area contributed by atoms with Crippen LogP contribution in [-0.4, -0.2) is 18.5 Å². The van der Waals surface area contributed by atoms with Gasteiger partial charge in [-0.2, -0.15) is 0 Å². The third-order valence-corrected chi connectivity index (χ3v) is 3.45. The molecule has 0 bridgehead atoms. The number of carbonyl (C=O) groups excluding carboxylic acids is 2. The van der Waals surface area contributed by atoms with Gasteiger partial charge in [-0.1, -0.05) is 32.9 Å². The molecule has 0 aliphatic heterocycles. The maximum Gasteiger partial charge on any atom is 0.338 e. The Hall–Kier alpha value is -2.69. The lowest BCUT2D eigenvalue weighted by Crippen LogP contribution is -2.21. The van der Waals surface area contributed by atoms with E-state index < -0.39 is 24.3 Å². The van der Waals surface area contributed by atoms with E-state index in [-0.39, 0.29) is 11.0 Å². The molecule has 0 spiro atoms. The largest absolute Gasteiger partial charge is 0.452 e. The molecule has 4 nitrogen and oxygen atoms in total. The first-order valence-corrected chi connectivity index (χ1v) is 7.59. The summed E-state index contributed by atoms with van der Waals surface area (Å²) in [5, 5.41) is 2.66. The first-order chi connectivity index (χ1) is 11.3. The van der Waals surface area contributed by atoms with Crippen LogP contribution in [0.3, 0.4) is 0 Å². The van der Waals surface area contributed by atoms with Gasteiger partial charge in [0, 0.05) is 5.69 Å². The molecule has 126 valence electrons. The van der Waals surface area contributed by atoms with Crippen LogP contribution in [0.1, 0.15) is 36.7 Å². The lowest BCUT2D eigenvalue weighted by Gasteiger charge is -2.19. The molecular weight excluding hydrogens is 309 g/mol. The molecular formula is C19H20FNO3. The Morgan fingerprint density at radius 2 is 1.58 bits per heavy atom. The van der Waals surface area contributed by atoms with Gasteiger partial charge in [-0.05, 0) is 47.4 Å². The van der Waals surface area contributed by atoms with Gasteiger partial charge in [0.25, 0.3) is 5.91 Å². The molecule has 0 saturated heterocycles. The molecule has 0 unspecified atom stereocenters. The van der Waals surface area contributed by atoms with Crippen molar-refractivity contribution < 1.29 is 18.7 Å². The van der Waals surface area contributed by atoms with Crippen molar-refractivity contribution in [3.05, 3.63) is 65.5 Å². The van der Waals surface area contributed by atoms with Gasteiger partial charge in [0.15, 0.2) is 6.61 Å². The van der Waals surface area contributed by atoms with E-state index >= 15 is 0 Å². The Bertz CT molecular complexity index is 716. The second-order valence-corrected chi connectivity index (χ2v) is 6.46. The van der Waals surface area contributed by atoms with Crippen LogP contribution in [0, 0.1) is 5.82 Å². The minimum atomic E-state index is -0.673. The third-order valence-electron chi connectivity index (χ3n) is 3.45. The lowest BCUT2D eigenvalue weighted by molar-refractivity contribution is -0.119. The number of carbonyl (C=O) groups is 2. The standard InChI is InChI=1S/C19H20FNO3/c1-19(2,3)14-6-10-16(11-7-14)21-17(22)12-24-18(23)13-4-8-15(20)9-5-13/h4-11H,12H2,1-3H3,(H,21,22). The maximum atomic E-state index is 12.8. The fourth-order valence-corrected chi connectivity index (χ4v) is 2.05. The van der Waals surface area contributed by atoms with Crippen LogP contribution in [0.4, 0.5) is 10.1 Å². The van der Waals surface area contributed by atoms with Crippen molar-refractivity contribution in [2.45, 2.75) is 26.2 Å². The average molecular weight is 329 g/mol. The summed E-state index contributed by atoms with van der Waals surface area (Å²) in [6.07, 6.45) is 0. The van der Waals surface area contributed by atoms with E-state index in [0.717, 1.165) is 17.7 Å². The Kier molecular flexibility index (Phi) is 5.34. The van der Waals surface area contributed by atoms with Crippen molar-refractivity contribution in [2.75, 3.05) is 11.9 Å². The van der Waals surface area contributed by atoms with Gasteiger partial charge in [0.05, 0.1) is 5.56 Å². The fraction of sp³-hybridized carbons (Fsp3) is 0.263. The van der Waals surface area contributed by atoms with Crippen molar-refractivity contribution in [2.24, 2.45) is 0 Å². The smallest absolute Gasteiger partial charge is 0.338 e. The van der Waals surface area contributed by atoms with Gasteiger partial charge < -0.3 is 10.1 Å². The molecule has 0 atom stereocenters. The molecule has 2 rings (SSSR count). The molecule has 0 radical (unpaired) electrons. The van der Waals surface area contributed by atoms with Crippen LogP contribution in [0.2, 0.25) is 0 Å². The first kappa shape index (κ1) is 17.7. The van der Waals surface area contributed by atoms with E-state index in [4.69, 9.17) is 4.74 Å². The molecule has 0 heterocycles. The summed E-state index contributed by atoms with van der Waals surface area (Å²) in [6, 6.07) is 12.4. The van der Waals surface area contributed by atoms with Crippen LogP contribution in [0.5, 0.6) is 0 Å². The second kappa shape index (κ2) is 7.25.